The van der Waals surface area contributed by atoms with Crippen molar-refractivity contribution in [2.75, 3.05) is 13.2 Å². The average molecular weight is 419 g/mol. The molecule has 0 amide bonds. The molecule has 3 rings (SSSR count). The van der Waals surface area contributed by atoms with E-state index in [-0.39, 0.29) is 28.1 Å². The van der Waals surface area contributed by atoms with Gasteiger partial charge in [0.25, 0.3) is 10.0 Å². The van der Waals surface area contributed by atoms with Crippen LogP contribution in [0.4, 0.5) is 0 Å². The van der Waals surface area contributed by atoms with Crippen LogP contribution in [0.5, 0.6) is 0 Å². The SMILES string of the molecule is C=C(NC1CCCCc2ccccc21)NS(=O)(=O)C(=CN)C1=NCC(C)(C)CO1. The molecule has 4 N–H and O–H groups in total. The second-order valence-electron chi connectivity index (χ2n) is 8.33. The van der Waals surface area contributed by atoms with Crippen molar-refractivity contribution in [1.29, 1.82) is 0 Å². The summed E-state index contributed by atoms with van der Waals surface area (Å²) in [4.78, 5) is 4.08. The molecule has 29 heavy (non-hydrogen) atoms. The molecule has 1 atom stereocenters. The quantitative estimate of drug-likeness (QED) is 0.616. The Morgan fingerprint density at radius 1 is 1.34 bits per heavy atom. The highest BCUT2D eigenvalue weighted by molar-refractivity contribution is 7.94. The molecule has 0 fully saturated rings. The summed E-state index contributed by atoms with van der Waals surface area (Å²) in [5, 5.41) is 3.23. The van der Waals surface area contributed by atoms with Gasteiger partial charge in [0, 0.05) is 11.6 Å². The van der Waals surface area contributed by atoms with Gasteiger partial charge in [-0.15, -0.1) is 0 Å². The third kappa shape index (κ3) is 5.12. The highest BCUT2D eigenvalue weighted by Gasteiger charge is 2.31. The zero-order valence-corrected chi connectivity index (χ0v) is 17.9. The van der Waals surface area contributed by atoms with Gasteiger partial charge in [-0.2, -0.15) is 0 Å². The lowest BCUT2D eigenvalue weighted by Gasteiger charge is -2.29. The zero-order chi connectivity index (χ0) is 21.1. The molecule has 1 aromatic rings. The predicted octanol–water partition coefficient (Wildman–Crippen LogP) is 2.69. The molecule has 1 aromatic carbocycles. The number of rotatable bonds is 6. The summed E-state index contributed by atoms with van der Waals surface area (Å²) in [5.74, 6) is 0.231. The predicted molar refractivity (Wildman–Crippen MR) is 115 cm³/mol. The van der Waals surface area contributed by atoms with Gasteiger partial charge in [-0.25, -0.2) is 13.4 Å². The van der Waals surface area contributed by atoms with Gasteiger partial charge in [-0.3, -0.25) is 4.72 Å². The number of sulfonamides is 1. The number of fused-ring (bicyclic) bond motifs is 1. The summed E-state index contributed by atoms with van der Waals surface area (Å²) in [5.41, 5.74) is 7.94. The summed E-state index contributed by atoms with van der Waals surface area (Å²) in [6.45, 7) is 8.71. The van der Waals surface area contributed by atoms with Crippen molar-refractivity contribution in [3.63, 3.8) is 0 Å². The van der Waals surface area contributed by atoms with E-state index < -0.39 is 10.0 Å². The Labute approximate surface area is 173 Å². The smallest absolute Gasteiger partial charge is 0.269 e. The molecule has 0 aromatic heterocycles. The number of aryl methyl sites for hydroxylation is 1. The maximum Gasteiger partial charge on any atom is 0.269 e. The molecular formula is C21H30N4O3S. The van der Waals surface area contributed by atoms with E-state index in [0.717, 1.165) is 31.9 Å². The number of nitrogens with two attached hydrogens (primary N) is 1. The molecule has 0 saturated carbocycles. The first kappa shape index (κ1) is 21.2. The van der Waals surface area contributed by atoms with E-state index in [1.807, 2.05) is 26.0 Å². The Hall–Kier alpha value is -2.48. The molecule has 7 nitrogen and oxygen atoms in total. The van der Waals surface area contributed by atoms with Crippen LogP contribution in [0, 0.1) is 5.41 Å². The van der Waals surface area contributed by atoms with E-state index in [9.17, 15) is 8.42 Å². The van der Waals surface area contributed by atoms with Gasteiger partial charge in [-0.1, -0.05) is 51.1 Å². The Bertz CT molecular complexity index is 935. The van der Waals surface area contributed by atoms with E-state index in [2.05, 4.69) is 33.7 Å². The van der Waals surface area contributed by atoms with Crippen molar-refractivity contribution >= 4 is 15.9 Å². The molecule has 0 bridgehead atoms. The van der Waals surface area contributed by atoms with E-state index in [1.165, 1.54) is 11.1 Å². The fourth-order valence-electron chi connectivity index (χ4n) is 3.59. The van der Waals surface area contributed by atoms with Crippen LogP contribution < -0.4 is 15.8 Å². The summed E-state index contributed by atoms with van der Waals surface area (Å²) in [7, 11) is -3.98. The summed E-state index contributed by atoms with van der Waals surface area (Å²) >= 11 is 0. The Morgan fingerprint density at radius 2 is 2.10 bits per heavy atom. The third-order valence-corrected chi connectivity index (χ3v) is 6.53. The van der Waals surface area contributed by atoms with Gasteiger partial charge in [0.2, 0.25) is 5.90 Å². The highest BCUT2D eigenvalue weighted by atomic mass is 32.2. The molecule has 2 aliphatic rings. The Balaban J connectivity index is 1.72. The number of nitrogens with zero attached hydrogens (tertiary/aromatic N) is 1. The van der Waals surface area contributed by atoms with Gasteiger partial charge in [0.15, 0.2) is 4.91 Å². The second kappa shape index (κ2) is 8.49. The maximum absolute atomic E-state index is 12.9. The molecule has 1 heterocycles. The largest absolute Gasteiger partial charge is 0.476 e. The number of nitrogens with one attached hydrogen (secondary N) is 2. The van der Waals surface area contributed by atoms with E-state index >= 15 is 0 Å². The molecular weight excluding hydrogens is 388 g/mol. The van der Waals surface area contributed by atoms with Crippen molar-refractivity contribution in [2.45, 2.75) is 45.6 Å². The number of benzene rings is 1. The van der Waals surface area contributed by atoms with Gasteiger partial charge in [0.05, 0.1) is 19.2 Å². The van der Waals surface area contributed by atoms with Crippen molar-refractivity contribution in [2.24, 2.45) is 16.1 Å². The van der Waals surface area contributed by atoms with Crippen LogP contribution in [0.25, 0.3) is 0 Å². The van der Waals surface area contributed by atoms with E-state index in [4.69, 9.17) is 10.5 Å². The number of aliphatic imine (C=N–C) groups is 1. The Morgan fingerprint density at radius 3 is 2.79 bits per heavy atom. The van der Waals surface area contributed by atoms with Crippen LogP contribution in [-0.2, 0) is 21.2 Å². The lowest BCUT2D eigenvalue weighted by atomic mass is 9.94. The topological polar surface area (TPSA) is 106 Å². The minimum absolute atomic E-state index is 0.00160. The minimum Gasteiger partial charge on any atom is -0.476 e. The first-order valence-corrected chi connectivity index (χ1v) is 11.4. The van der Waals surface area contributed by atoms with Gasteiger partial charge < -0.3 is 15.8 Å². The molecule has 1 unspecified atom stereocenters. The molecule has 0 radical (unpaired) electrons. The standard InChI is InChI=1S/C21H30N4O3S/c1-15(24-18-11-7-5-9-16-8-4-6-10-17(16)18)25-29(26,27)19(12-22)20-23-13-21(2,3)14-28-20/h4,6,8,10,12,18,24-25H,1,5,7,9,11,13-14,22H2,2-3H3. The fraction of sp³-hybridized carbons (Fsp3) is 0.476. The van der Waals surface area contributed by atoms with Crippen LogP contribution >= 0.6 is 0 Å². The van der Waals surface area contributed by atoms with Gasteiger partial charge >= 0.3 is 0 Å². The van der Waals surface area contributed by atoms with Crippen molar-refractivity contribution < 1.29 is 13.2 Å². The molecule has 1 aliphatic heterocycles. The molecule has 158 valence electrons. The normalized spacial score (nSPS) is 21.8. The summed E-state index contributed by atoms with van der Waals surface area (Å²) in [6, 6.07) is 8.23. The highest BCUT2D eigenvalue weighted by Crippen LogP contribution is 2.29. The monoisotopic (exact) mass is 418 g/mol. The van der Waals surface area contributed by atoms with Crippen LogP contribution in [0.1, 0.15) is 50.3 Å². The van der Waals surface area contributed by atoms with Crippen LogP contribution in [0.15, 0.2) is 52.8 Å². The number of hydrogen-bond donors (Lipinski definition) is 3. The van der Waals surface area contributed by atoms with Gasteiger partial charge in [-0.05, 0) is 30.4 Å². The molecule has 8 heteroatoms. The van der Waals surface area contributed by atoms with E-state index in [0.29, 0.717) is 13.2 Å². The van der Waals surface area contributed by atoms with E-state index in [1.54, 1.807) is 0 Å². The third-order valence-electron chi connectivity index (χ3n) is 5.13. The first-order chi connectivity index (χ1) is 13.7. The summed E-state index contributed by atoms with van der Waals surface area (Å²) < 4.78 is 33.8. The Kier molecular flexibility index (Phi) is 6.21. The van der Waals surface area contributed by atoms with Crippen molar-refractivity contribution in [3.8, 4) is 0 Å². The molecule has 1 aliphatic carbocycles. The van der Waals surface area contributed by atoms with Crippen LogP contribution in [0.2, 0.25) is 0 Å². The maximum atomic E-state index is 12.9. The number of hydrogen-bond acceptors (Lipinski definition) is 6. The zero-order valence-electron chi connectivity index (χ0n) is 17.1. The van der Waals surface area contributed by atoms with Crippen LogP contribution in [0.3, 0.4) is 0 Å². The molecule has 0 spiro atoms. The minimum atomic E-state index is -3.98. The second-order valence-corrected chi connectivity index (χ2v) is 9.98. The fourth-order valence-corrected chi connectivity index (χ4v) is 4.62. The van der Waals surface area contributed by atoms with Crippen molar-refractivity contribution in [1.82, 2.24) is 10.0 Å². The lowest BCUT2D eigenvalue weighted by molar-refractivity contribution is 0.157. The number of ether oxygens (including phenoxy) is 1. The first-order valence-electron chi connectivity index (χ1n) is 9.87. The average Bonchev–Trinajstić information content (AvgIpc) is 2.85. The summed E-state index contributed by atoms with van der Waals surface area (Å²) in [6.07, 6.45) is 5.11. The molecule has 0 saturated heterocycles. The van der Waals surface area contributed by atoms with Gasteiger partial charge in [0.1, 0.15) is 5.82 Å². The van der Waals surface area contributed by atoms with Crippen molar-refractivity contribution in [3.05, 3.63) is 58.9 Å². The van der Waals surface area contributed by atoms with Crippen LogP contribution in [-0.4, -0.2) is 27.5 Å². The lowest BCUT2D eigenvalue weighted by Crippen LogP contribution is -2.38.